The van der Waals surface area contributed by atoms with E-state index in [-0.39, 0.29) is 18.1 Å². The number of aliphatic hydroxyl groups excluding tert-OH is 2. The summed E-state index contributed by atoms with van der Waals surface area (Å²) >= 11 is 0. The van der Waals surface area contributed by atoms with Gasteiger partial charge < -0.3 is 15.1 Å². The van der Waals surface area contributed by atoms with E-state index in [9.17, 15) is 18.3 Å². The van der Waals surface area contributed by atoms with Crippen LogP contribution in [-0.4, -0.2) is 78.5 Å². The number of imidazole rings is 1. The van der Waals surface area contributed by atoms with Gasteiger partial charge in [0.15, 0.2) is 17.2 Å². The van der Waals surface area contributed by atoms with E-state index in [2.05, 4.69) is 19.9 Å². The first-order chi connectivity index (χ1) is 13.9. The highest BCUT2D eigenvalue weighted by Crippen LogP contribution is 2.28. The second-order valence-electron chi connectivity index (χ2n) is 6.57. The summed E-state index contributed by atoms with van der Waals surface area (Å²) in [6.45, 7) is 1.89. The number of hydrogen-bond acceptors (Lipinski definition) is 8. The van der Waals surface area contributed by atoms with Crippen LogP contribution in [0.25, 0.3) is 17.2 Å². The Labute approximate surface area is 163 Å². The van der Waals surface area contributed by atoms with Gasteiger partial charge in [0.05, 0.1) is 19.0 Å². The molecule has 4 rings (SSSR count). The summed E-state index contributed by atoms with van der Waals surface area (Å²) in [6.07, 6.45) is -0.585. The fraction of sp³-hybridized carbons (Fsp3) is 0.412. The van der Waals surface area contributed by atoms with E-state index >= 15 is 0 Å². The van der Waals surface area contributed by atoms with Gasteiger partial charge in [-0.15, -0.1) is 0 Å². The van der Waals surface area contributed by atoms with Crippen molar-refractivity contribution in [2.45, 2.75) is 12.4 Å². The van der Waals surface area contributed by atoms with Gasteiger partial charge in [-0.25, -0.2) is 19.9 Å². The molecule has 0 spiro atoms. The Kier molecular flexibility index (Phi) is 5.06. The van der Waals surface area contributed by atoms with Gasteiger partial charge >= 0.3 is 6.18 Å². The average Bonchev–Trinajstić information content (AvgIpc) is 3.16. The first-order valence-corrected chi connectivity index (χ1v) is 8.88. The van der Waals surface area contributed by atoms with Crippen LogP contribution in [0, 0.1) is 0 Å². The van der Waals surface area contributed by atoms with E-state index < -0.39 is 18.1 Å². The molecule has 29 heavy (non-hydrogen) atoms. The number of aliphatic hydroxyl groups is 2. The third-order valence-electron chi connectivity index (χ3n) is 4.78. The molecule has 1 aliphatic rings. The molecule has 1 saturated heterocycles. The molecule has 4 heterocycles. The summed E-state index contributed by atoms with van der Waals surface area (Å²) in [7, 11) is 0. The third-order valence-corrected chi connectivity index (χ3v) is 4.78. The summed E-state index contributed by atoms with van der Waals surface area (Å²) in [5, 5.41) is 18.8. The van der Waals surface area contributed by atoms with Crippen molar-refractivity contribution in [3.63, 3.8) is 0 Å². The maximum absolute atomic E-state index is 13.0. The Morgan fingerprint density at radius 1 is 1.07 bits per heavy atom. The van der Waals surface area contributed by atoms with Crippen LogP contribution >= 0.6 is 0 Å². The first-order valence-electron chi connectivity index (χ1n) is 8.88. The Morgan fingerprint density at radius 3 is 2.52 bits per heavy atom. The zero-order valence-electron chi connectivity index (χ0n) is 15.2. The van der Waals surface area contributed by atoms with Crippen LogP contribution in [0.1, 0.15) is 5.69 Å². The summed E-state index contributed by atoms with van der Waals surface area (Å²) in [5.74, 6) is 0.861. The Hall–Kier alpha value is -2.83. The van der Waals surface area contributed by atoms with Gasteiger partial charge in [0, 0.05) is 38.6 Å². The lowest BCUT2D eigenvalue weighted by Gasteiger charge is -2.37. The van der Waals surface area contributed by atoms with E-state index in [1.54, 1.807) is 11.0 Å². The molecule has 2 N–H and O–H groups in total. The van der Waals surface area contributed by atoms with Crippen LogP contribution in [-0.2, 0) is 6.18 Å². The second kappa shape index (κ2) is 7.54. The number of piperazine rings is 1. The predicted octanol–water partition coefficient (Wildman–Crippen LogP) is 0.638. The number of rotatable bonds is 4. The number of aromatic nitrogens is 5. The molecule has 0 amide bonds. The van der Waals surface area contributed by atoms with Gasteiger partial charge in [0.1, 0.15) is 17.7 Å². The number of alkyl halides is 3. The minimum Gasteiger partial charge on any atom is -0.392 e. The van der Waals surface area contributed by atoms with Crippen molar-refractivity contribution in [2.24, 2.45) is 0 Å². The van der Waals surface area contributed by atoms with Crippen LogP contribution in [0.5, 0.6) is 0 Å². The number of nitrogens with zero attached hydrogens (tertiary/aromatic N) is 7. The quantitative estimate of drug-likeness (QED) is 0.647. The lowest BCUT2D eigenvalue weighted by Crippen LogP contribution is -2.51. The van der Waals surface area contributed by atoms with E-state index in [0.717, 1.165) is 12.4 Å². The summed E-state index contributed by atoms with van der Waals surface area (Å²) in [5.41, 5.74) is -0.448. The third kappa shape index (κ3) is 3.86. The van der Waals surface area contributed by atoms with E-state index in [1.165, 1.54) is 16.8 Å². The van der Waals surface area contributed by atoms with Gasteiger partial charge in [0.25, 0.3) is 0 Å². The molecule has 154 valence electrons. The van der Waals surface area contributed by atoms with Crippen LogP contribution in [0.15, 0.2) is 30.9 Å². The monoisotopic (exact) mass is 409 g/mol. The van der Waals surface area contributed by atoms with Gasteiger partial charge in [-0.2, -0.15) is 13.2 Å². The molecule has 12 heteroatoms. The van der Waals surface area contributed by atoms with Crippen molar-refractivity contribution in [1.82, 2.24) is 29.2 Å². The SMILES string of the molecule is OCC(O)N1CCN(c2ccnc(-c3cnc4cnc(C(F)(F)F)cn34)n2)CC1. The fourth-order valence-electron chi connectivity index (χ4n) is 3.21. The minimum absolute atomic E-state index is 0.243. The lowest BCUT2D eigenvalue weighted by molar-refractivity contribution is -0.141. The van der Waals surface area contributed by atoms with Crippen molar-refractivity contribution in [3.05, 3.63) is 36.5 Å². The number of anilines is 1. The van der Waals surface area contributed by atoms with Gasteiger partial charge in [-0.05, 0) is 6.07 Å². The van der Waals surface area contributed by atoms with Crippen LogP contribution in [0.2, 0.25) is 0 Å². The zero-order chi connectivity index (χ0) is 20.6. The molecule has 1 fully saturated rings. The van der Waals surface area contributed by atoms with E-state index in [0.29, 0.717) is 37.7 Å². The highest BCUT2D eigenvalue weighted by atomic mass is 19.4. The summed E-state index contributed by atoms with van der Waals surface area (Å²) in [6, 6.07) is 1.72. The maximum Gasteiger partial charge on any atom is 0.434 e. The fourth-order valence-corrected chi connectivity index (χ4v) is 3.21. The lowest BCUT2D eigenvalue weighted by atomic mass is 10.3. The first kappa shape index (κ1) is 19.5. The molecule has 3 aromatic heterocycles. The van der Waals surface area contributed by atoms with Gasteiger partial charge in [0.2, 0.25) is 0 Å². The molecule has 0 bridgehead atoms. The van der Waals surface area contributed by atoms with Gasteiger partial charge in [-0.3, -0.25) is 9.30 Å². The minimum atomic E-state index is -4.57. The molecule has 1 aliphatic heterocycles. The molecular formula is C17H18F3N7O2. The highest BCUT2D eigenvalue weighted by Gasteiger charge is 2.33. The molecule has 0 aromatic carbocycles. The van der Waals surface area contributed by atoms with Gasteiger partial charge in [-0.1, -0.05) is 0 Å². The predicted molar refractivity (Wildman–Crippen MR) is 95.9 cm³/mol. The van der Waals surface area contributed by atoms with Crippen molar-refractivity contribution in [1.29, 1.82) is 0 Å². The smallest absolute Gasteiger partial charge is 0.392 e. The van der Waals surface area contributed by atoms with Crippen molar-refractivity contribution < 1.29 is 23.4 Å². The zero-order valence-corrected chi connectivity index (χ0v) is 15.2. The molecule has 0 radical (unpaired) electrons. The molecular weight excluding hydrogens is 391 g/mol. The van der Waals surface area contributed by atoms with E-state index in [1.807, 2.05) is 4.90 Å². The van der Waals surface area contributed by atoms with Crippen LogP contribution in [0.3, 0.4) is 0 Å². The summed E-state index contributed by atoms with van der Waals surface area (Å²) < 4.78 is 40.3. The number of fused-ring (bicyclic) bond motifs is 1. The van der Waals surface area contributed by atoms with Crippen LogP contribution in [0.4, 0.5) is 19.0 Å². The Balaban J connectivity index is 1.61. The molecule has 1 unspecified atom stereocenters. The largest absolute Gasteiger partial charge is 0.434 e. The maximum atomic E-state index is 13.0. The number of hydrogen-bond donors (Lipinski definition) is 2. The topological polar surface area (TPSA) is 103 Å². The molecule has 9 nitrogen and oxygen atoms in total. The molecule has 1 atom stereocenters. The standard InChI is InChI=1S/C17H18F3N7O2/c18-17(19,20)12-9-27-11(7-23-14(27)8-22-12)16-21-2-1-13(24-16)25-3-5-26(6-4-25)15(29)10-28/h1-2,7-9,15,28-29H,3-6,10H2. The Bertz CT molecular complexity index is 1000. The van der Waals surface area contributed by atoms with E-state index in [4.69, 9.17) is 5.11 Å². The normalized spacial score (nSPS) is 17.1. The highest BCUT2D eigenvalue weighted by molar-refractivity contribution is 5.58. The van der Waals surface area contributed by atoms with Crippen molar-refractivity contribution in [3.8, 4) is 11.5 Å². The molecule has 0 aliphatic carbocycles. The summed E-state index contributed by atoms with van der Waals surface area (Å²) in [4.78, 5) is 19.9. The second-order valence-corrected chi connectivity index (χ2v) is 6.57. The van der Waals surface area contributed by atoms with Crippen molar-refractivity contribution in [2.75, 3.05) is 37.7 Å². The molecule has 0 saturated carbocycles. The number of halogens is 3. The average molecular weight is 409 g/mol. The molecule has 3 aromatic rings. The van der Waals surface area contributed by atoms with Crippen molar-refractivity contribution >= 4 is 11.5 Å². The Morgan fingerprint density at radius 2 is 1.83 bits per heavy atom. The van der Waals surface area contributed by atoms with Crippen LogP contribution < -0.4 is 4.90 Å².